The first-order valence-corrected chi connectivity index (χ1v) is 14.8. The highest BCUT2D eigenvalue weighted by molar-refractivity contribution is 8.01. The van der Waals surface area contributed by atoms with E-state index in [9.17, 15) is 18.0 Å². The highest BCUT2D eigenvalue weighted by Gasteiger charge is 2.26. The van der Waals surface area contributed by atoms with E-state index in [0.717, 1.165) is 36.2 Å². The molecule has 2 amide bonds. The number of nitrogens with one attached hydrogen (secondary N) is 2. The van der Waals surface area contributed by atoms with Crippen molar-refractivity contribution >= 4 is 67.4 Å². The highest BCUT2D eigenvalue weighted by Crippen LogP contribution is 2.27. The van der Waals surface area contributed by atoms with E-state index in [0.29, 0.717) is 33.7 Å². The third-order valence-corrected chi connectivity index (χ3v) is 9.77. The predicted molar refractivity (Wildman–Crippen MR) is 142 cm³/mol. The fourth-order valence-corrected chi connectivity index (χ4v) is 6.76. The number of benzene rings is 2. The van der Waals surface area contributed by atoms with E-state index in [4.69, 9.17) is 11.6 Å². The van der Waals surface area contributed by atoms with E-state index < -0.39 is 15.9 Å². The average Bonchev–Trinajstić information content (AvgIpc) is 3.33. The maximum Gasteiger partial charge on any atom is 0.257 e. The summed E-state index contributed by atoms with van der Waals surface area (Å²) < 4.78 is 27.6. The van der Waals surface area contributed by atoms with Crippen LogP contribution in [0.25, 0.3) is 0 Å². The van der Waals surface area contributed by atoms with Gasteiger partial charge in [-0.05, 0) is 61.7 Å². The molecule has 1 aliphatic rings. The summed E-state index contributed by atoms with van der Waals surface area (Å²) in [7, 11) is -3.56. The Labute approximate surface area is 222 Å². The number of sulfonamides is 1. The van der Waals surface area contributed by atoms with E-state index in [1.54, 1.807) is 12.1 Å². The Bertz CT molecular complexity index is 1360. The molecule has 4 rings (SSSR count). The Kier molecular flexibility index (Phi) is 8.62. The summed E-state index contributed by atoms with van der Waals surface area (Å²) in [5, 5.41) is 14.2. The van der Waals surface area contributed by atoms with Crippen molar-refractivity contribution < 1.29 is 18.0 Å². The van der Waals surface area contributed by atoms with Gasteiger partial charge in [-0.25, -0.2) is 8.42 Å². The molecule has 0 bridgehead atoms. The van der Waals surface area contributed by atoms with Crippen LogP contribution in [-0.4, -0.2) is 53.6 Å². The van der Waals surface area contributed by atoms with Crippen molar-refractivity contribution in [2.45, 2.75) is 35.4 Å². The molecule has 2 N–H and O–H groups in total. The van der Waals surface area contributed by atoms with Crippen molar-refractivity contribution in [1.29, 1.82) is 0 Å². The van der Waals surface area contributed by atoms with E-state index in [2.05, 4.69) is 20.8 Å². The van der Waals surface area contributed by atoms with E-state index in [-0.39, 0.29) is 21.7 Å². The van der Waals surface area contributed by atoms with E-state index in [1.807, 2.05) is 13.0 Å². The standard InChI is InChI=1S/C23H24ClN5O4S3/c1-15-5-8-17(13-19(15)24)25-20(30)14-34-23-28-27-22(35-23)26-21(31)16-6-9-18(10-7-16)36(32,33)29-11-3-2-4-12-29/h5-10,13H,2-4,11-12,14H2,1H3,(H,25,30)(H,26,27,31). The molecule has 1 aromatic heterocycles. The molecule has 0 saturated carbocycles. The molecule has 1 fully saturated rings. The number of aromatic nitrogens is 2. The number of piperidine rings is 1. The maximum absolute atomic E-state index is 12.8. The van der Waals surface area contributed by atoms with Crippen LogP contribution in [0.3, 0.4) is 0 Å². The van der Waals surface area contributed by atoms with Gasteiger partial charge in [0.15, 0.2) is 4.34 Å². The smallest absolute Gasteiger partial charge is 0.257 e. The molecule has 0 spiro atoms. The van der Waals surface area contributed by atoms with E-state index in [1.165, 1.54) is 40.3 Å². The molecular formula is C23H24ClN5O4S3. The summed E-state index contributed by atoms with van der Waals surface area (Å²) in [6.07, 6.45) is 2.75. The van der Waals surface area contributed by atoms with Gasteiger partial charge in [-0.1, -0.05) is 47.2 Å². The number of hydrogen-bond acceptors (Lipinski definition) is 8. The summed E-state index contributed by atoms with van der Waals surface area (Å²) in [4.78, 5) is 25.0. The van der Waals surface area contributed by atoms with Gasteiger partial charge in [-0.15, -0.1) is 10.2 Å². The molecule has 36 heavy (non-hydrogen) atoms. The summed E-state index contributed by atoms with van der Waals surface area (Å²) in [5.74, 6) is -0.542. The van der Waals surface area contributed by atoms with Crippen molar-refractivity contribution in [2.24, 2.45) is 0 Å². The molecule has 0 aliphatic carbocycles. The number of halogens is 1. The van der Waals surface area contributed by atoms with Gasteiger partial charge in [-0.3, -0.25) is 14.9 Å². The number of carbonyl (C=O) groups excluding carboxylic acids is 2. The average molecular weight is 566 g/mol. The Balaban J connectivity index is 1.30. The van der Waals surface area contributed by atoms with Crippen LogP contribution >= 0.6 is 34.7 Å². The van der Waals surface area contributed by atoms with Crippen LogP contribution in [0.1, 0.15) is 35.2 Å². The van der Waals surface area contributed by atoms with Gasteiger partial charge in [0.2, 0.25) is 21.1 Å². The maximum atomic E-state index is 12.8. The lowest BCUT2D eigenvalue weighted by Crippen LogP contribution is -2.35. The summed E-state index contributed by atoms with van der Waals surface area (Å²) >= 11 is 8.42. The largest absolute Gasteiger partial charge is 0.325 e. The minimum atomic E-state index is -3.56. The van der Waals surface area contributed by atoms with Crippen LogP contribution in [0.4, 0.5) is 10.8 Å². The third-order valence-electron chi connectivity index (χ3n) is 5.48. The number of aryl methyl sites for hydroxylation is 1. The van der Waals surface area contributed by atoms with Crippen LogP contribution in [0.2, 0.25) is 5.02 Å². The summed E-state index contributed by atoms with van der Waals surface area (Å²) in [6.45, 7) is 2.92. The second kappa shape index (κ2) is 11.7. The molecule has 2 aromatic carbocycles. The van der Waals surface area contributed by atoms with Gasteiger partial charge >= 0.3 is 0 Å². The summed E-state index contributed by atoms with van der Waals surface area (Å²) in [5.41, 5.74) is 1.83. The normalized spacial score (nSPS) is 14.4. The van der Waals surface area contributed by atoms with Crippen LogP contribution in [0, 0.1) is 6.92 Å². The van der Waals surface area contributed by atoms with Crippen molar-refractivity contribution in [3.05, 3.63) is 58.6 Å². The zero-order valence-corrected chi connectivity index (χ0v) is 22.6. The first-order chi connectivity index (χ1) is 17.2. The van der Waals surface area contributed by atoms with Crippen molar-refractivity contribution in [3.63, 3.8) is 0 Å². The molecule has 0 unspecified atom stereocenters. The minimum absolute atomic E-state index is 0.112. The van der Waals surface area contributed by atoms with Crippen molar-refractivity contribution in [3.8, 4) is 0 Å². The lowest BCUT2D eigenvalue weighted by Gasteiger charge is -2.25. The fourth-order valence-electron chi connectivity index (χ4n) is 3.52. The number of amides is 2. The molecule has 1 aliphatic heterocycles. The Morgan fingerprint density at radius 3 is 2.47 bits per heavy atom. The lowest BCUT2D eigenvalue weighted by atomic mass is 10.2. The third kappa shape index (κ3) is 6.62. The number of thioether (sulfide) groups is 1. The quantitative estimate of drug-likeness (QED) is 0.301. The molecule has 2 heterocycles. The molecule has 1 saturated heterocycles. The van der Waals surface area contributed by atoms with Crippen molar-refractivity contribution in [1.82, 2.24) is 14.5 Å². The Morgan fingerprint density at radius 2 is 1.78 bits per heavy atom. The zero-order valence-electron chi connectivity index (χ0n) is 19.4. The Hall–Kier alpha value is -2.51. The molecule has 3 aromatic rings. The van der Waals surface area contributed by atoms with Gasteiger partial charge in [0.05, 0.1) is 10.6 Å². The van der Waals surface area contributed by atoms with Gasteiger partial charge in [0, 0.05) is 29.4 Å². The summed E-state index contributed by atoms with van der Waals surface area (Å²) in [6, 6.07) is 11.1. The molecular weight excluding hydrogens is 542 g/mol. The number of hydrogen-bond donors (Lipinski definition) is 2. The number of rotatable bonds is 8. The number of nitrogens with zero attached hydrogens (tertiary/aromatic N) is 3. The molecule has 9 nitrogen and oxygen atoms in total. The second-order valence-corrected chi connectivity index (χ2v) is 12.7. The van der Waals surface area contributed by atoms with Crippen LogP contribution in [0.15, 0.2) is 51.7 Å². The van der Waals surface area contributed by atoms with Crippen molar-refractivity contribution in [2.75, 3.05) is 29.5 Å². The minimum Gasteiger partial charge on any atom is -0.325 e. The molecule has 190 valence electrons. The molecule has 0 radical (unpaired) electrons. The monoisotopic (exact) mass is 565 g/mol. The predicted octanol–water partition coefficient (Wildman–Crippen LogP) is 4.66. The van der Waals surface area contributed by atoms with Crippen LogP contribution in [-0.2, 0) is 14.8 Å². The van der Waals surface area contributed by atoms with Gasteiger partial charge in [0.25, 0.3) is 5.91 Å². The SMILES string of the molecule is Cc1ccc(NC(=O)CSc2nnc(NC(=O)c3ccc(S(=O)(=O)N4CCCCC4)cc3)s2)cc1Cl. The lowest BCUT2D eigenvalue weighted by molar-refractivity contribution is -0.113. The second-order valence-electron chi connectivity index (χ2n) is 8.12. The first-order valence-electron chi connectivity index (χ1n) is 11.2. The van der Waals surface area contributed by atoms with Gasteiger partial charge in [-0.2, -0.15) is 4.31 Å². The number of carbonyl (C=O) groups is 2. The number of anilines is 2. The van der Waals surface area contributed by atoms with Gasteiger partial charge < -0.3 is 5.32 Å². The highest BCUT2D eigenvalue weighted by atomic mass is 35.5. The van der Waals surface area contributed by atoms with Crippen LogP contribution in [0.5, 0.6) is 0 Å². The Morgan fingerprint density at radius 1 is 1.06 bits per heavy atom. The van der Waals surface area contributed by atoms with Crippen LogP contribution < -0.4 is 10.6 Å². The fraction of sp³-hybridized carbons (Fsp3) is 0.304. The van der Waals surface area contributed by atoms with Gasteiger partial charge in [0.1, 0.15) is 0 Å². The topological polar surface area (TPSA) is 121 Å². The van der Waals surface area contributed by atoms with E-state index >= 15 is 0 Å². The molecule has 0 atom stereocenters. The zero-order chi connectivity index (χ0) is 25.7. The first kappa shape index (κ1) is 26.6. The molecule has 13 heteroatoms.